The Labute approximate surface area is 83.9 Å². The third-order valence-electron chi connectivity index (χ3n) is 1.33. The van der Waals surface area contributed by atoms with Gasteiger partial charge in [0.25, 0.3) is 0 Å². The number of aryl methyl sites for hydroxylation is 1. The first-order chi connectivity index (χ1) is 5.33. The van der Waals surface area contributed by atoms with Gasteiger partial charge in [0.15, 0.2) is 0 Å². The molecule has 0 aliphatic carbocycles. The predicted octanol–water partition coefficient (Wildman–Crippen LogP) is 3.06. The Morgan fingerprint density at radius 1 is 1.50 bits per heavy atom. The normalized spacial score (nSPS) is 9.83. The highest BCUT2D eigenvalue weighted by Gasteiger charge is 1.85. The highest BCUT2D eigenvalue weighted by atomic mass is 35.5. The van der Waals surface area contributed by atoms with Crippen molar-refractivity contribution in [3.05, 3.63) is 35.7 Å². The van der Waals surface area contributed by atoms with Crippen molar-refractivity contribution in [1.82, 2.24) is 4.98 Å². The minimum Gasteiger partial charge on any atom is -0.261 e. The van der Waals surface area contributed by atoms with Crippen molar-refractivity contribution in [2.75, 3.05) is 5.88 Å². The van der Waals surface area contributed by atoms with E-state index >= 15 is 0 Å². The SMILES string of the molecule is Cc1ccc(/C=C/CCl)cn1.Cl. The molecule has 1 rings (SSSR count). The van der Waals surface area contributed by atoms with Crippen LogP contribution in [-0.4, -0.2) is 10.9 Å². The fourth-order valence-electron chi connectivity index (χ4n) is 0.758. The molecule has 0 N–H and O–H groups in total. The van der Waals surface area contributed by atoms with Gasteiger partial charge < -0.3 is 0 Å². The number of hydrogen-bond acceptors (Lipinski definition) is 1. The standard InChI is InChI=1S/C9H10ClN.ClH/c1-8-4-5-9(7-11-8)3-2-6-10;/h2-5,7H,6H2,1H3;1H/b3-2+;. The first-order valence-corrected chi connectivity index (χ1v) is 4.01. The maximum atomic E-state index is 5.48. The summed E-state index contributed by atoms with van der Waals surface area (Å²) in [5.74, 6) is 0.549. The molecule has 0 saturated heterocycles. The third kappa shape index (κ3) is 3.74. The van der Waals surface area contributed by atoms with Gasteiger partial charge in [0.05, 0.1) is 0 Å². The number of alkyl halides is 1. The van der Waals surface area contributed by atoms with Crippen molar-refractivity contribution in [3.63, 3.8) is 0 Å². The molecule has 0 aliphatic rings. The number of pyridine rings is 1. The molecule has 0 amide bonds. The molecule has 0 unspecified atom stereocenters. The van der Waals surface area contributed by atoms with E-state index in [2.05, 4.69) is 4.98 Å². The largest absolute Gasteiger partial charge is 0.261 e. The van der Waals surface area contributed by atoms with E-state index in [1.807, 2.05) is 37.4 Å². The number of allylic oxidation sites excluding steroid dienone is 1. The summed E-state index contributed by atoms with van der Waals surface area (Å²) in [5, 5.41) is 0. The van der Waals surface area contributed by atoms with Crippen LogP contribution >= 0.6 is 24.0 Å². The van der Waals surface area contributed by atoms with Gasteiger partial charge in [0.1, 0.15) is 0 Å². The van der Waals surface area contributed by atoms with Crippen LogP contribution in [0.5, 0.6) is 0 Å². The summed E-state index contributed by atoms with van der Waals surface area (Å²) in [4.78, 5) is 4.14. The van der Waals surface area contributed by atoms with E-state index in [1.54, 1.807) is 0 Å². The molecule has 3 heteroatoms. The molecule has 66 valence electrons. The Bertz CT molecular complexity index is 241. The average Bonchev–Trinajstić information content (AvgIpc) is 2.04. The summed E-state index contributed by atoms with van der Waals surface area (Å²) in [6, 6.07) is 4.00. The Balaban J connectivity index is 0.00000121. The molecule has 0 spiro atoms. The van der Waals surface area contributed by atoms with Gasteiger partial charge >= 0.3 is 0 Å². The van der Waals surface area contributed by atoms with Crippen LogP contribution in [0, 0.1) is 6.92 Å². The quantitative estimate of drug-likeness (QED) is 0.674. The second-order valence-corrected chi connectivity index (χ2v) is 2.60. The lowest BCUT2D eigenvalue weighted by Gasteiger charge is -1.92. The van der Waals surface area contributed by atoms with Crippen molar-refractivity contribution in [2.45, 2.75) is 6.92 Å². The van der Waals surface area contributed by atoms with Gasteiger partial charge in [0, 0.05) is 17.8 Å². The maximum Gasteiger partial charge on any atom is 0.0407 e. The van der Waals surface area contributed by atoms with Gasteiger partial charge in [0.2, 0.25) is 0 Å². The van der Waals surface area contributed by atoms with Gasteiger partial charge in [-0.25, -0.2) is 0 Å². The molecular weight excluding hydrogens is 193 g/mol. The minimum absolute atomic E-state index is 0. The zero-order valence-corrected chi connectivity index (χ0v) is 8.40. The Kier molecular flexibility index (Phi) is 5.77. The molecule has 0 saturated carbocycles. The number of rotatable bonds is 2. The summed E-state index contributed by atoms with van der Waals surface area (Å²) in [6.07, 6.45) is 5.69. The number of nitrogens with zero attached hydrogens (tertiary/aromatic N) is 1. The number of hydrogen-bond donors (Lipinski definition) is 0. The first kappa shape index (κ1) is 11.5. The average molecular weight is 204 g/mol. The number of halogens is 2. The molecule has 1 aromatic rings. The van der Waals surface area contributed by atoms with Gasteiger partial charge in [-0.05, 0) is 18.6 Å². The van der Waals surface area contributed by atoms with Gasteiger partial charge in [-0.15, -0.1) is 24.0 Å². The summed E-state index contributed by atoms with van der Waals surface area (Å²) in [7, 11) is 0. The zero-order valence-electron chi connectivity index (χ0n) is 6.83. The number of aromatic nitrogens is 1. The van der Waals surface area contributed by atoms with Crippen LogP contribution in [0.3, 0.4) is 0 Å². The summed E-state index contributed by atoms with van der Waals surface area (Å²) >= 11 is 5.48. The van der Waals surface area contributed by atoms with Crippen LogP contribution in [0.2, 0.25) is 0 Å². The first-order valence-electron chi connectivity index (χ1n) is 3.48. The second kappa shape index (κ2) is 6.04. The lowest BCUT2D eigenvalue weighted by Crippen LogP contribution is -1.79. The van der Waals surface area contributed by atoms with Crippen LogP contribution in [0.4, 0.5) is 0 Å². The lowest BCUT2D eigenvalue weighted by atomic mass is 10.2. The molecule has 0 bridgehead atoms. The topological polar surface area (TPSA) is 12.9 Å². The molecule has 1 aromatic heterocycles. The highest BCUT2D eigenvalue weighted by Crippen LogP contribution is 2.01. The van der Waals surface area contributed by atoms with Crippen molar-refractivity contribution < 1.29 is 0 Å². The van der Waals surface area contributed by atoms with Crippen molar-refractivity contribution in [1.29, 1.82) is 0 Å². The fourth-order valence-corrected chi connectivity index (χ4v) is 0.848. The van der Waals surface area contributed by atoms with E-state index in [1.165, 1.54) is 0 Å². The van der Waals surface area contributed by atoms with E-state index in [9.17, 15) is 0 Å². The molecular formula is C9H11Cl2N. The maximum absolute atomic E-state index is 5.48. The van der Waals surface area contributed by atoms with Crippen LogP contribution in [-0.2, 0) is 0 Å². The molecule has 0 radical (unpaired) electrons. The molecule has 1 nitrogen and oxygen atoms in total. The Morgan fingerprint density at radius 3 is 2.75 bits per heavy atom. The monoisotopic (exact) mass is 203 g/mol. The van der Waals surface area contributed by atoms with Crippen LogP contribution in [0.15, 0.2) is 24.4 Å². The molecule has 12 heavy (non-hydrogen) atoms. The van der Waals surface area contributed by atoms with E-state index in [4.69, 9.17) is 11.6 Å². The molecule has 1 heterocycles. The molecule has 0 aromatic carbocycles. The van der Waals surface area contributed by atoms with Crippen LogP contribution in [0.25, 0.3) is 6.08 Å². The van der Waals surface area contributed by atoms with Gasteiger partial charge in [-0.1, -0.05) is 18.2 Å². The van der Waals surface area contributed by atoms with Crippen LogP contribution in [0.1, 0.15) is 11.3 Å². The van der Waals surface area contributed by atoms with Crippen molar-refractivity contribution in [2.24, 2.45) is 0 Å². The van der Waals surface area contributed by atoms with E-state index in [0.717, 1.165) is 11.3 Å². The predicted molar refractivity (Wildman–Crippen MR) is 56.0 cm³/mol. The summed E-state index contributed by atoms with van der Waals surface area (Å²) < 4.78 is 0. The van der Waals surface area contributed by atoms with E-state index in [-0.39, 0.29) is 12.4 Å². The minimum atomic E-state index is 0. The summed E-state index contributed by atoms with van der Waals surface area (Å²) in [6.45, 7) is 1.97. The van der Waals surface area contributed by atoms with Crippen molar-refractivity contribution in [3.8, 4) is 0 Å². The van der Waals surface area contributed by atoms with E-state index in [0.29, 0.717) is 5.88 Å². The zero-order chi connectivity index (χ0) is 8.10. The van der Waals surface area contributed by atoms with Crippen molar-refractivity contribution >= 4 is 30.1 Å². The smallest absolute Gasteiger partial charge is 0.0407 e. The van der Waals surface area contributed by atoms with Crippen LogP contribution < -0.4 is 0 Å². The van der Waals surface area contributed by atoms with Gasteiger partial charge in [-0.3, -0.25) is 4.98 Å². The highest BCUT2D eigenvalue weighted by molar-refractivity contribution is 6.19. The molecule has 0 fully saturated rings. The summed E-state index contributed by atoms with van der Waals surface area (Å²) in [5.41, 5.74) is 2.13. The molecule has 0 aliphatic heterocycles. The lowest BCUT2D eigenvalue weighted by molar-refractivity contribution is 1.19. The van der Waals surface area contributed by atoms with Gasteiger partial charge in [-0.2, -0.15) is 0 Å². The fraction of sp³-hybridized carbons (Fsp3) is 0.222. The Hall–Kier alpha value is -0.530. The molecule has 0 atom stereocenters. The third-order valence-corrected chi connectivity index (χ3v) is 1.51. The van der Waals surface area contributed by atoms with E-state index < -0.39 is 0 Å². The Morgan fingerprint density at radius 2 is 2.25 bits per heavy atom. The second-order valence-electron chi connectivity index (χ2n) is 2.29.